The number of hydrogen-bond acceptors (Lipinski definition) is 2. The Kier molecular flexibility index (Phi) is 8.19. The molecule has 0 aromatic carbocycles. The first-order valence-corrected chi connectivity index (χ1v) is 10.9. The maximum Gasteiger partial charge on any atom is 0.303 e. The van der Waals surface area contributed by atoms with Crippen molar-refractivity contribution in [3.05, 3.63) is 12.2 Å². The summed E-state index contributed by atoms with van der Waals surface area (Å²) in [6.45, 7) is 6.95. The number of carboxylic acids is 1. The fourth-order valence-corrected chi connectivity index (χ4v) is 5.29. The van der Waals surface area contributed by atoms with Crippen LogP contribution in [0.1, 0.15) is 91.4 Å². The summed E-state index contributed by atoms with van der Waals surface area (Å²) in [5.74, 6) is 1.72. The molecule has 0 aliphatic heterocycles. The van der Waals surface area contributed by atoms with E-state index < -0.39 is 5.97 Å². The second kappa shape index (κ2) is 9.92. The number of hydrogen-bond donors (Lipinski definition) is 2. The van der Waals surface area contributed by atoms with Crippen molar-refractivity contribution < 1.29 is 15.0 Å². The Hall–Kier alpha value is -0.830. The van der Waals surface area contributed by atoms with Crippen molar-refractivity contribution in [3.8, 4) is 0 Å². The highest BCUT2D eigenvalue weighted by atomic mass is 16.4. The second-order valence-corrected chi connectivity index (χ2v) is 9.68. The van der Waals surface area contributed by atoms with Gasteiger partial charge >= 0.3 is 5.97 Å². The van der Waals surface area contributed by atoms with Crippen LogP contribution >= 0.6 is 0 Å². The van der Waals surface area contributed by atoms with Crippen molar-refractivity contribution in [2.75, 3.05) is 0 Å². The fraction of sp³-hybridized carbons (Fsp3) is 0.870. The molecule has 0 heterocycles. The number of unbranched alkanes of at least 4 members (excludes halogenated alkanes) is 2. The zero-order valence-corrected chi connectivity index (χ0v) is 17.1. The maximum atomic E-state index is 10.6. The average molecular weight is 365 g/mol. The molecule has 150 valence electrons. The molecule has 0 spiro atoms. The molecule has 26 heavy (non-hydrogen) atoms. The lowest BCUT2D eigenvalue weighted by Crippen LogP contribution is -2.18. The summed E-state index contributed by atoms with van der Waals surface area (Å²) in [5.41, 5.74) is 0.359. The van der Waals surface area contributed by atoms with Gasteiger partial charge in [0.1, 0.15) is 0 Å². The summed E-state index contributed by atoms with van der Waals surface area (Å²) < 4.78 is 0. The van der Waals surface area contributed by atoms with Gasteiger partial charge in [0.05, 0.1) is 6.10 Å². The Balaban J connectivity index is 1.79. The molecule has 1 unspecified atom stereocenters. The lowest BCUT2D eigenvalue weighted by Gasteiger charge is -2.23. The third kappa shape index (κ3) is 6.40. The van der Waals surface area contributed by atoms with Crippen LogP contribution in [0.2, 0.25) is 0 Å². The van der Waals surface area contributed by atoms with E-state index >= 15 is 0 Å². The topological polar surface area (TPSA) is 57.5 Å². The van der Waals surface area contributed by atoms with Gasteiger partial charge in [-0.3, -0.25) is 4.79 Å². The largest absolute Gasteiger partial charge is 0.481 e. The Labute approximate surface area is 160 Å². The average Bonchev–Trinajstić information content (AvgIpc) is 3.07. The number of carboxylic acid groups (broad SMARTS) is 1. The number of allylic oxidation sites excluding steroid dienone is 1. The molecule has 2 aliphatic rings. The van der Waals surface area contributed by atoms with Gasteiger partial charge in [0.15, 0.2) is 0 Å². The molecule has 5 atom stereocenters. The summed E-state index contributed by atoms with van der Waals surface area (Å²) >= 11 is 0. The van der Waals surface area contributed by atoms with Crippen molar-refractivity contribution in [1.29, 1.82) is 0 Å². The van der Waals surface area contributed by atoms with Gasteiger partial charge in [-0.15, -0.1) is 0 Å². The van der Waals surface area contributed by atoms with E-state index in [0.717, 1.165) is 38.0 Å². The summed E-state index contributed by atoms with van der Waals surface area (Å²) in [7, 11) is 0. The molecule has 0 aromatic heterocycles. The van der Waals surface area contributed by atoms with Crippen LogP contribution in [0.25, 0.3) is 0 Å². The van der Waals surface area contributed by atoms with Crippen LogP contribution < -0.4 is 0 Å². The first-order valence-electron chi connectivity index (χ1n) is 10.9. The van der Waals surface area contributed by atoms with E-state index in [0.29, 0.717) is 29.6 Å². The summed E-state index contributed by atoms with van der Waals surface area (Å²) in [4.78, 5) is 10.6. The number of carbonyl (C=O) groups is 1. The van der Waals surface area contributed by atoms with E-state index in [1.165, 1.54) is 32.1 Å². The van der Waals surface area contributed by atoms with E-state index in [9.17, 15) is 9.90 Å². The molecule has 2 rings (SSSR count). The van der Waals surface area contributed by atoms with Gasteiger partial charge in [-0.2, -0.15) is 0 Å². The monoisotopic (exact) mass is 364 g/mol. The molecule has 0 amide bonds. The van der Waals surface area contributed by atoms with Gasteiger partial charge in [0, 0.05) is 12.3 Å². The first-order chi connectivity index (χ1) is 12.3. The van der Waals surface area contributed by atoms with Crippen LogP contribution in [-0.4, -0.2) is 22.3 Å². The predicted molar refractivity (Wildman–Crippen MR) is 107 cm³/mol. The van der Waals surface area contributed by atoms with Crippen molar-refractivity contribution in [1.82, 2.24) is 0 Å². The molecule has 0 bridgehead atoms. The third-order valence-electron chi connectivity index (χ3n) is 6.82. The Morgan fingerprint density at radius 1 is 1.15 bits per heavy atom. The molecular formula is C23H40O3. The normalized spacial score (nSPS) is 31.6. The highest BCUT2D eigenvalue weighted by Crippen LogP contribution is 2.51. The SMILES string of the molecule is CCCCC(C)(C)C/C=C/[C@@H]1[C@H]2CC(CCCCC(=O)O)C[C@H]2C[C@H]1O. The predicted octanol–water partition coefficient (Wildman–Crippen LogP) is 5.82. The molecule has 2 fully saturated rings. The minimum absolute atomic E-state index is 0.159. The molecule has 0 saturated heterocycles. The molecular weight excluding hydrogens is 324 g/mol. The van der Waals surface area contributed by atoms with Crippen LogP contribution in [-0.2, 0) is 4.79 Å². The van der Waals surface area contributed by atoms with Crippen molar-refractivity contribution >= 4 is 5.97 Å². The molecule has 2 N–H and O–H groups in total. The highest BCUT2D eigenvalue weighted by Gasteiger charge is 2.46. The van der Waals surface area contributed by atoms with E-state index in [-0.39, 0.29) is 6.10 Å². The summed E-state index contributed by atoms with van der Waals surface area (Å²) in [6, 6.07) is 0. The quantitative estimate of drug-likeness (QED) is 0.359. The number of rotatable bonds is 11. The van der Waals surface area contributed by atoms with Crippen LogP contribution in [0, 0.1) is 29.1 Å². The van der Waals surface area contributed by atoms with E-state index in [2.05, 4.69) is 32.9 Å². The van der Waals surface area contributed by atoms with Gasteiger partial charge < -0.3 is 10.2 Å². The zero-order chi connectivity index (χ0) is 19.2. The van der Waals surface area contributed by atoms with E-state index in [1.807, 2.05) is 0 Å². The first kappa shape index (κ1) is 21.5. The van der Waals surface area contributed by atoms with Crippen molar-refractivity contribution in [3.63, 3.8) is 0 Å². The Morgan fingerprint density at radius 3 is 2.62 bits per heavy atom. The van der Waals surface area contributed by atoms with Crippen LogP contribution in [0.3, 0.4) is 0 Å². The lowest BCUT2D eigenvalue weighted by atomic mass is 9.82. The molecule has 2 saturated carbocycles. The Morgan fingerprint density at radius 2 is 1.92 bits per heavy atom. The number of aliphatic hydroxyl groups is 1. The van der Waals surface area contributed by atoms with Gasteiger partial charge in [-0.25, -0.2) is 0 Å². The zero-order valence-electron chi connectivity index (χ0n) is 17.1. The fourth-order valence-electron chi connectivity index (χ4n) is 5.29. The highest BCUT2D eigenvalue weighted by molar-refractivity contribution is 5.66. The van der Waals surface area contributed by atoms with E-state index in [4.69, 9.17) is 5.11 Å². The number of fused-ring (bicyclic) bond motifs is 1. The molecule has 0 radical (unpaired) electrons. The van der Waals surface area contributed by atoms with E-state index in [1.54, 1.807) is 0 Å². The Bertz CT molecular complexity index is 468. The molecule has 3 heteroatoms. The van der Waals surface area contributed by atoms with Gasteiger partial charge in [-0.1, -0.05) is 58.6 Å². The van der Waals surface area contributed by atoms with Gasteiger partial charge in [-0.05, 0) is 61.7 Å². The van der Waals surface area contributed by atoms with Crippen LogP contribution in [0.5, 0.6) is 0 Å². The molecule has 3 nitrogen and oxygen atoms in total. The third-order valence-corrected chi connectivity index (χ3v) is 6.82. The van der Waals surface area contributed by atoms with Crippen molar-refractivity contribution in [2.24, 2.45) is 29.1 Å². The van der Waals surface area contributed by atoms with Gasteiger partial charge in [0.25, 0.3) is 0 Å². The summed E-state index contributed by atoms with van der Waals surface area (Å²) in [6.07, 6.45) is 16.2. The standard InChI is InChI=1S/C23H40O3/c1-4-5-12-23(2,3)13-8-10-19-20-15-17(9-6-7-11-22(25)26)14-18(20)16-21(19)24/h8,10,17-21,24H,4-7,9,11-16H2,1-3H3,(H,25,26)/b10-8+/t17?,18-,19+,20-,21+/m0/s1. The molecule has 0 aromatic rings. The second-order valence-electron chi connectivity index (χ2n) is 9.68. The number of aliphatic carboxylic acids is 1. The van der Waals surface area contributed by atoms with Crippen LogP contribution in [0.4, 0.5) is 0 Å². The minimum atomic E-state index is -0.677. The lowest BCUT2D eigenvalue weighted by molar-refractivity contribution is -0.137. The minimum Gasteiger partial charge on any atom is -0.481 e. The number of aliphatic hydroxyl groups excluding tert-OH is 1. The van der Waals surface area contributed by atoms with Crippen molar-refractivity contribution in [2.45, 2.75) is 97.5 Å². The smallest absolute Gasteiger partial charge is 0.303 e. The van der Waals surface area contributed by atoms with Gasteiger partial charge in [0.2, 0.25) is 0 Å². The maximum absolute atomic E-state index is 10.6. The van der Waals surface area contributed by atoms with Crippen LogP contribution in [0.15, 0.2) is 12.2 Å². The summed E-state index contributed by atoms with van der Waals surface area (Å²) in [5, 5.41) is 19.3. The molecule has 2 aliphatic carbocycles.